The summed E-state index contributed by atoms with van der Waals surface area (Å²) in [5, 5.41) is 0. The highest BCUT2D eigenvalue weighted by Gasteiger charge is 2.31. The van der Waals surface area contributed by atoms with Gasteiger partial charge in [0.05, 0.1) is 6.42 Å². The van der Waals surface area contributed by atoms with Gasteiger partial charge in [0.1, 0.15) is 6.04 Å². The van der Waals surface area contributed by atoms with E-state index in [0.717, 1.165) is 11.1 Å². The molecule has 2 amide bonds. The summed E-state index contributed by atoms with van der Waals surface area (Å²) in [5.41, 5.74) is 5.09. The largest absolute Gasteiger partial charge is 0.393 e. The smallest absolute Gasteiger partial charge is 0.368 e. The standard InChI is InChI=1S/C12H15F3N2O2/c1-2-9(11(16)19)17-7-8(6-12(13,14)15)4-3-5-10(17)18/h3-4,7,9H,2,5-6H2,1H3,(H2,16,19). The van der Waals surface area contributed by atoms with Crippen molar-refractivity contribution in [3.63, 3.8) is 0 Å². The number of halogens is 3. The number of carbonyl (C=O) groups is 2. The maximum absolute atomic E-state index is 12.4. The van der Waals surface area contributed by atoms with E-state index in [9.17, 15) is 22.8 Å². The van der Waals surface area contributed by atoms with Crippen LogP contribution >= 0.6 is 0 Å². The zero-order chi connectivity index (χ0) is 14.6. The Balaban J connectivity index is 3.04. The van der Waals surface area contributed by atoms with Gasteiger partial charge < -0.3 is 10.6 Å². The van der Waals surface area contributed by atoms with E-state index >= 15 is 0 Å². The lowest BCUT2D eigenvalue weighted by Gasteiger charge is -2.25. The molecule has 0 aliphatic carbocycles. The molecule has 1 aliphatic rings. The Morgan fingerprint density at radius 1 is 1.53 bits per heavy atom. The zero-order valence-electron chi connectivity index (χ0n) is 10.4. The molecule has 0 bridgehead atoms. The van der Waals surface area contributed by atoms with Crippen LogP contribution in [0.5, 0.6) is 0 Å². The van der Waals surface area contributed by atoms with Crippen LogP contribution in [0.15, 0.2) is 23.9 Å². The molecule has 1 atom stereocenters. The molecular formula is C12H15F3N2O2. The predicted molar refractivity (Wildman–Crippen MR) is 62.6 cm³/mol. The van der Waals surface area contributed by atoms with Gasteiger partial charge in [-0.1, -0.05) is 19.1 Å². The molecule has 0 fully saturated rings. The summed E-state index contributed by atoms with van der Waals surface area (Å²) < 4.78 is 37.1. The predicted octanol–water partition coefficient (Wildman–Crippen LogP) is 1.88. The van der Waals surface area contributed by atoms with Crippen LogP contribution in [-0.2, 0) is 9.59 Å². The Labute approximate surface area is 108 Å². The summed E-state index contributed by atoms with van der Waals surface area (Å²) >= 11 is 0. The van der Waals surface area contributed by atoms with E-state index in [1.165, 1.54) is 12.2 Å². The second-order valence-electron chi connectivity index (χ2n) is 4.23. The first kappa shape index (κ1) is 15.3. The molecule has 106 valence electrons. The molecule has 1 aliphatic heterocycles. The number of alkyl halides is 3. The SMILES string of the molecule is CCC(C(N)=O)N1C=C(CC(F)(F)F)C=CCC1=O. The highest BCUT2D eigenvalue weighted by Crippen LogP contribution is 2.27. The number of primary amides is 1. The first-order chi connectivity index (χ1) is 8.74. The van der Waals surface area contributed by atoms with E-state index in [1.807, 2.05) is 0 Å². The van der Waals surface area contributed by atoms with Crippen molar-refractivity contribution in [2.45, 2.75) is 38.4 Å². The number of allylic oxidation sites excluding steroid dienone is 2. The number of carbonyl (C=O) groups excluding carboxylic acids is 2. The summed E-state index contributed by atoms with van der Waals surface area (Å²) in [4.78, 5) is 24.0. The highest BCUT2D eigenvalue weighted by molar-refractivity contribution is 5.88. The zero-order valence-corrected chi connectivity index (χ0v) is 10.4. The van der Waals surface area contributed by atoms with Crippen LogP contribution in [-0.4, -0.2) is 28.9 Å². The third-order valence-corrected chi connectivity index (χ3v) is 2.67. The number of nitrogens with two attached hydrogens (primary N) is 1. The van der Waals surface area contributed by atoms with Gasteiger partial charge in [-0.05, 0) is 12.0 Å². The number of nitrogens with zero attached hydrogens (tertiary/aromatic N) is 1. The lowest BCUT2D eigenvalue weighted by Crippen LogP contribution is -2.44. The monoisotopic (exact) mass is 276 g/mol. The minimum absolute atomic E-state index is 0.0539. The van der Waals surface area contributed by atoms with Crippen LogP contribution in [0.4, 0.5) is 13.2 Å². The van der Waals surface area contributed by atoms with Gasteiger partial charge in [0.25, 0.3) is 0 Å². The Morgan fingerprint density at radius 2 is 2.16 bits per heavy atom. The van der Waals surface area contributed by atoms with Crippen LogP contribution in [0.1, 0.15) is 26.2 Å². The van der Waals surface area contributed by atoms with E-state index in [1.54, 1.807) is 6.92 Å². The van der Waals surface area contributed by atoms with Crippen molar-refractivity contribution in [3.05, 3.63) is 23.9 Å². The molecule has 0 aromatic rings. The Bertz CT molecular complexity index is 427. The maximum atomic E-state index is 12.4. The number of hydrogen-bond donors (Lipinski definition) is 1. The molecule has 7 heteroatoms. The van der Waals surface area contributed by atoms with E-state index in [2.05, 4.69) is 0 Å². The quantitative estimate of drug-likeness (QED) is 0.852. The van der Waals surface area contributed by atoms with Crippen LogP contribution < -0.4 is 5.73 Å². The molecule has 2 N–H and O–H groups in total. The molecule has 0 saturated carbocycles. The Kier molecular flexibility index (Phi) is 4.74. The van der Waals surface area contributed by atoms with Gasteiger partial charge >= 0.3 is 6.18 Å². The molecule has 0 spiro atoms. The van der Waals surface area contributed by atoms with E-state index < -0.39 is 30.5 Å². The molecule has 1 rings (SSSR count). The molecule has 1 unspecified atom stereocenters. The minimum atomic E-state index is -4.37. The third kappa shape index (κ3) is 4.42. The van der Waals surface area contributed by atoms with Crippen molar-refractivity contribution < 1.29 is 22.8 Å². The van der Waals surface area contributed by atoms with Crippen LogP contribution in [0.2, 0.25) is 0 Å². The van der Waals surface area contributed by atoms with Gasteiger partial charge in [0, 0.05) is 12.6 Å². The molecule has 19 heavy (non-hydrogen) atoms. The van der Waals surface area contributed by atoms with Crippen molar-refractivity contribution >= 4 is 11.8 Å². The molecule has 4 nitrogen and oxygen atoms in total. The minimum Gasteiger partial charge on any atom is -0.368 e. The van der Waals surface area contributed by atoms with Crippen LogP contribution in [0.25, 0.3) is 0 Å². The van der Waals surface area contributed by atoms with Crippen LogP contribution in [0, 0.1) is 0 Å². The second-order valence-corrected chi connectivity index (χ2v) is 4.23. The summed E-state index contributed by atoms with van der Waals surface area (Å²) in [7, 11) is 0. The van der Waals surface area contributed by atoms with Crippen molar-refractivity contribution in [1.82, 2.24) is 4.90 Å². The molecule has 0 radical (unpaired) electrons. The lowest BCUT2D eigenvalue weighted by atomic mass is 10.1. The van der Waals surface area contributed by atoms with Crippen LogP contribution in [0.3, 0.4) is 0 Å². The maximum Gasteiger partial charge on any atom is 0.393 e. The summed E-state index contributed by atoms with van der Waals surface area (Å²) in [6.45, 7) is 1.64. The molecule has 1 heterocycles. The number of amides is 2. The second kappa shape index (κ2) is 5.90. The number of hydrogen-bond acceptors (Lipinski definition) is 2. The van der Waals surface area contributed by atoms with Crippen molar-refractivity contribution in [2.75, 3.05) is 0 Å². The van der Waals surface area contributed by atoms with E-state index in [0.29, 0.717) is 0 Å². The third-order valence-electron chi connectivity index (χ3n) is 2.67. The Morgan fingerprint density at radius 3 is 2.63 bits per heavy atom. The van der Waals surface area contributed by atoms with Gasteiger partial charge in [-0.25, -0.2) is 0 Å². The molecule has 0 saturated heterocycles. The van der Waals surface area contributed by atoms with Crippen molar-refractivity contribution in [3.8, 4) is 0 Å². The molecule has 0 aromatic heterocycles. The van der Waals surface area contributed by atoms with Gasteiger partial charge in [0.2, 0.25) is 11.8 Å². The highest BCUT2D eigenvalue weighted by atomic mass is 19.4. The van der Waals surface area contributed by atoms with Gasteiger partial charge in [-0.2, -0.15) is 13.2 Å². The first-order valence-electron chi connectivity index (χ1n) is 5.79. The fourth-order valence-corrected chi connectivity index (χ4v) is 1.84. The fraction of sp³-hybridized carbons (Fsp3) is 0.500. The lowest BCUT2D eigenvalue weighted by molar-refractivity contribution is -0.136. The number of rotatable bonds is 4. The van der Waals surface area contributed by atoms with Gasteiger partial charge in [0.15, 0.2) is 0 Å². The topological polar surface area (TPSA) is 63.4 Å². The Hall–Kier alpha value is -1.79. The van der Waals surface area contributed by atoms with Gasteiger partial charge in [-0.15, -0.1) is 0 Å². The summed E-state index contributed by atoms with van der Waals surface area (Å²) in [6.07, 6.45) is -1.66. The molecule has 0 aromatic carbocycles. The normalized spacial score (nSPS) is 18.0. The fourth-order valence-electron chi connectivity index (χ4n) is 1.84. The average molecular weight is 276 g/mol. The molecular weight excluding hydrogens is 261 g/mol. The average Bonchev–Trinajstić information content (AvgIpc) is 2.40. The van der Waals surface area contributed by atoms with E-state index in [-0.39, 0.29) is 18.4 Å². The van der Waals surface area contributed by atoms with Crippen molar-refractivity contribution in [2.24, 2.45) is 5.73 Å². The van der Waals surface area contributed by atoms with E-state index in [4.69, 9.17) is 5.73 Å². The summed E-state index contributed by atoms with van der Waals surface area (Å²) in [6, 6.07) is -0.921. The summed E-state index contributed by atoms with van der Waals surface area (Å²) in [5.74, 6) is -1.18. The van der Waals surface area contributed by atoms with Crippen molar-refractivity contribution in [1.29, 1.82) is 0 Å². The first-order valence-corrected chi connectivity index (χ1v) is 5.79. The van der Waals surface area contributed by atoms with Gasteiger partial charge in [-0.3, -0.25) is 9.59 Å².